The molecule has 0 aliphatic carbocycles. The number of sulfonamides is 1. The van der Waals surface area contributed by atoms with Crippen molar-refractivity contribution in [2.45, 2.75) is 4.90 Å². The second kappa shape index (κ2) is 8.72. The van der Waals surface area contributed by atoms with Gasteiger partial charge >= 0.3 is 0 Å². The average Bonchev–Trinajstić information content (AvgIpc) is 2.71. The Hall–Kier alpha value is -2.76. The molecule has 0 atom stereocenters. The van der Waals surface area contributed by atoms with Crippen LogP contribution in [0, 0.1) is 5.82 Å². The summed E-state index contributed by atoms with van der Waals surface area (Å²) in [6, 6.07) is 10.4. The maximum absolute atomic E-state index is 13.6. The molecule has 0 aliphatic heterocycles. The van der Waals surface area contributed by atoms with Gasteiger partial charge in [0.25, 0.3) is 0 Å². The minimum atomic E-state index is -3.68. The quantitative estimate of drug-likeness (QED) is 0.471. The Bertz CT molecular complexity index is 1140. The van der Waals surface area contributed by atoms with Crippen LogP contribution in [0.3, 0.4) is 0 Å². The zero-order valence-electron chi connectivity index (χ0n) is 15.4. The number of ether oxygens (including phenoxy) is 1. The summed E-state index contributed by atoms with van der Waals surface area (Å²) in [7, 11) is -0.880. The van der Waals surface area contributed by atoms with Crippen molar-refractivity contribution in [2.75, 3.05) is 24.8 Å². The monoisotopic (exact) mass is 481 g/mol. The van der Waals surface area contributed by atoms with Gasteiger partial charge in [0.1, 0.15) is 22.3 Å². The lowest BCUT2D eigenvalue weighted by Gasteiger charge is -2.14. The molecule has 29 heavy (non-hydrogen) atoms. The number of anilines is 4. The summed E-state index contributed by atoms with van der Waals surface area (Å²) < 4.78 is 46.1. The van der Waals surface area contributed by atoms with Gasteiger partial charge in [0, 0.05) is 12.3 Å². The molecule has 0 unspecified atom stereocenters. The fourth-order valence-electron chi connectivity index (χ4n) is 2.46. The lowest BCUT2D eigenvalue weighted by atomic mass is 10.3. The molecular weight excluding hydrogens is 465 g/mol. The van der Waals surface area contributed by atoms with Gasteiger partial charge in [-0.2, -0.15) is 4.98 Å². The first kappa shape index (κ1) is 21.0. The molecule has 1 heterocycles. The highest BCUT2D eigenvalue weighted by Crippen LogP contribution is 2.31. The topological polar surface area (TPSA) is 105 Å². The fraction of sp³-hybridized carbons (Fsp3) is 0.111. The van der Waals surface area contributed by atoms with Crippen molar-refractivity contribution >= 4 is 49.1 Å². The van der Waals surface area contributed by atoms with E-state index in [0.717, 1.165) is 0 Å². The molecular formula is C18H17BrFN5O3S. The first-order chi connectivity index (χ1) is 13.8. The summed E-state index contributed by atoms with van der Waals surface area (Å²) in [6.45, 7) is 0. The molecule has 2 aromatic carbocycles. The average molecular weight is 482 g/mol. The molecule has 11 heteroatoms. The molecule has 152 valence electrons. The number of hydrogen-bond acceptors (Lipinski definition) is 7. The molecule has 3 aromatic rings. The van der Waals surface area contributed by atoms with E-state index in [-0.39, 0.29) is 10.8 Å². The second-order valence-electron chi connectivity index (χ2n) is 5.69. The molecule has 0 saturated carbocycles. The van der Waals surface area contributed by atoms with Crippen LogP contribution >= 0.6 is 15.9 Å². The van der Waals surface area contributed by atoms with E-state index in [1.807, 2.05) is 0 Å². The molecule has 3 N–H and O–H groups in total. The zero-order chi connectivity index (χ0) is 21.0. The Morgan fingerprint density at radius 1 is 1.10 bits per heavy atom. The van der Waals surface area contributed by atoms with Gasteiger partial charge in [-0.1, -0.05) is 12.1 Å². The predicted molar refractivity (Wildman–Crippen MR) is 112 cm³/mol. The van der Waals surface area contributed by atoms with Gasteiger partial charge in [0.2, 0.25) is 16.0 Å². The summed E-state index contributed by atoms with van der Waals surface area (Å²) in [5, 5.41) is 5.88. The molecule has 0 saturated heterocycles. The standard InChI is InChI=1S/C18H17BrFN5O3S/c1-21-29(26,27)16-6-4-3-5-13(16)23-17-12(19)10-22-18(25-17)24-14-9-11(20)7-8-15(14)28-2/h3-10,21H,1-2H3,(H2,22,23,24,25). The maximum Gasteiger partial charge on any atom is 0.242 e. The number of rotatable bonds is 7. The van der Waals surface area contributed by atoms with Crippen molar-refractivity contribution in [3.8, 4) is 5.75 Å². The molecule has 0 aliphatic rings. The van der Waals surface area contributed by atoms with Gasteiger partial charge < -0.3 is 15.4 Å². The van der Waals surface area contributed by atoms with Gasteiger partial charge in [-0.25, -0.2) is 22.5 Å². The summed E-state index contributed by atoms with van der Waals surface area (Å²) in [6.07, 6.45) is 1.48. The molecule has 1 aromatic heterocycles. The molecule has 8 nitrogen and oxygen atoms in total. The Labute approximate surface area is 175 Å². The Morgan fingerprint density at radius 3 is 2.59 bits per heavy atom. The number of methoxy groups -OCH3 is 1. The summed E-state index contributed by atoms with van der Waals surface area (Å²) in [5.74, 6) is 0.443. The number of benzene rings is 2. The molecule has 3 rings (SSSR count). The summed E-state index contributed by atoms with van der Waals surface area (Å²) in [5.41, 5.74) is 0.675. The van der Waals surface area contributed by atoms with E-state index >= 15 is 0 Å². The Morgan fingerprint density at radius 2 is 1.86 bits per heavy atom. The molecule has 0 fully saturated rings. The highest BCUT2D eigenvalue weighted by atomic mass is 79.9. The van der Waals surface area contributed by atoms with Crippen molar-refractivity contribution in [3.63, 3.8) is 0 Å². The van der Waals surface area contributed by atoms with Crippen LogP contribution in [0.1, 0.15) is 0 Å². The van der Waals surface area contributed by atoms with E-state index in [1.165, 1.54) is 44.6 Å². The van der Waals surface area contributed by atoms with E-state index < -0.39 is 15.8 Å². The normalized spacial score (nSPS) is 11.2. The van der Waals surface area contributed by atoms with Crippen molar-refractivity contribution in [2.24, 2.45) is 0 Å². The fourth-order valence-corrected chi connectivity index (χ4v) is 3.63. The molecule has 0 radical (unpaired) electrons. The van der Waals surface area contributed by atoms with Crippen LogP contribution in [0.4, 0.5) is 27.5 Å². The van der Waals surface area contributed by atoms with Crippen LogP contribution in [0.5, 0.6) is 5.75 Å². The van der Waals surface area contributed by atoms with Gasteiger partial charge in [-0.3, -0.25) is 0 Å². The predicted octanol–water partition coefficient (Wildman–Crippen LogP) is 3.78. The summed E-state index contributed by atoms with van der Waals surface area (Å²) in [4.78, 5) is 8.56. The minimum absolute atomic E-state index is 0.0642. The third-order valence-electron chi connectivity index (χ3n) is 3.85. The first-order valence-corrected chi connectivity index (χ1v) is 10.5. The number of nitrogens with one attached hydrogen (secondary N) is 3. The number of para-hydroxylation sites is 1. The van der Waals surface area contributed by atoms with Crippen LogP contribution in [-0.2, 0) is 10.0 Å². The zero-order valence-corrected chi connectivity index (χ0v) is 17.8. The maximum atomic E-state index is 13.6. The van der Waals surface area contributed by atoms with Crippen molar-refractivity contribution < 1.29 is 17.5 Å². The number of aromatic nitrogens is 2. The van der Waals surface area contributed by atoms with Gasteiger partial charge in [0.15, 0.2) is 0 Å². The van der Waals surface area contributed by atoms with Crippen molar-refractivity contribution in [3.05, 3.63) is 59.0 Å². The largest absolute Gasteiger partial charge is 0.495 e. The molecule has 0 amide bonds. The van der Waals surface area contributed by atoms with Gasteiger partial charge in [-0.15, -0.1) is 0 Å². The van der Waals surface area contributed by atoms with Crippen molar-refractivity contribution in [1.82, 2.24) is 14.7 Å². The SMILES string of the molecule is CNS(=O)(=O)c1ccccc1Nc1nc(Nc2cc(F)ccc2OC)ncc1Br. The van der Waals surface area contributed by atoms with Crippen LogP contribution in [0.2, 0.25) is 0 Å². The van der Waals surface area contributed by atoms with Crippen LogP contribution < -0.4 is 20.1 Å². The van der Waals surface area contributed by atoms with E-state index in [1.54, 1.807) is 18.2 Å². The van der Waals surface area contributed by atoms with E-state index in [9.17, 15) is 12.8 Å². The third kappa shape index (κ3) is 4.81. The van der Waals surface area contributed by atoms with Crippen LogP contribution in [0.25, 0.3) is 0 Å². The lowest BCUT2D eigenvalue weighted by Crippen LogP contribution is -2.19. The van der Waals surface area contributed by atoms with Gasteiger partial charge in [-0.05, 0) is 47.2 Å². The lowest BCUT2D eigenvalue weighted by molar-refractivity contribution is 0.415. The first-order valence-electron chi connectivity index (χ1n) is 8.26. The van der Waals surface area contributed by atoms with E-state index in [2.05, 4.69) is 41.3 Å². The minimum Gasteiger partial charge on any atom is -0.495 e. The smallest absolute Gasteiger partial charge is 0.242 e. The number of nitrogens with zero attached hydrogens (tertiary/aromatic N) is 2. The Kier molecular flexibility index (Phi) is 6.30. The van der Waals surface area contributed by atoms with Crippen molar-refractivity contribution in [1.29, 1.82) is 0 Å². The summed E-state index contributed by atoms with van der Waals surface area (Å²) >= 11 is 3.34. The van der Waals surface area contributed by atoms with Crippen LogP contribution in [-0.4, -0.2) is 32.5 Å². The number of halogens is 2. The van der Waals surface area contributed by atoms with Crippen LogP contribution in [0.15, 0.2) is 58.0 Å². The Balaban J connectivity index is 1.95. The second-order valence-corrected chi connectivity index (χ2v) is 8.40. The third-order valence-corrected chi connectivity index (χ3v) is 5.90. The molecule has 0 bridgehead atoms. The highest BCUT2D eigenvalue weighted by Gasteiger charge is 2.17. The molecule has 0 spiro atoms. The van der Waals surface area contributed by atoms with E-state index in [4.69, 9.17) is 4.74 Å². The number of hydrogen-bond donors (Lipinski definition) is 3. The highest BCUT2D eigenvalue weighted by molar-refractivity contribution is 9.10. The van der Waals surface area contributed by atoms with E-state index in [0.29, 0.717) is 27.4 Å². The van der Waals surface area contributed by atoms with Gasteiger partial charge in [0.05, 0.1) is 23.0 Å².